The summed E-state index contributed by atoms with van der Waals surface area (Å²) >= 11 is 1.02. The number of nitrogens with one attached hydrogen (secondary N) is 2. The van der Waals surface area contributed by atoms with Crippen LogP contribution in [-0.2, 0) is 4.79 Å². The van der Waals surface area contributed by atoms with E-state index in [2.05, 4.69) is 20.2 Å². The van der Waals surface area contributed by atoms with Crippen LogP contribution in [0.4, 0.5) is 9.80 Å². The lowest BCUT2D eigenvalue weighted by Gasteiger charge is -2.13. The number of urea groups is 1. The summed E-state index contributed by atoms with van der Waals surface area (Å²) < 4.78 is 3.57. The van der Waals surface area contributed by atoms with Gasteiger partial charge in [-0.25, -0.2) is 9.59 Å². The second kappa shape index (κ2) is 6.79. The predicted molar refractivity (Wildman–Crippen MR) is 63.0 cm³/mol. The van der Waals surface area contributed by atoms with Gasteiger partial charge < -0.3 is 10.4 Å². The highest BCUT2D eigenvalue weighted by atomic mass is 32.1. The van der Waals surface area contributed by atoms with Crippen molar-refractivity contribution < 1.29 is 14.7 Å². The van der Waals surface area contributed by atoms with Crippen LogP contribution in [0.15, 0.2) is 6.20 Å². The molecule has 1 aromatic heterocycles. The number of unbranched alkanes of at least 4 members (excludes halogenated alkanes) is 1. The molecule has 0 saturated heterocycles. The van der Waals surface area contributed by atoms with E-state index in [1.54, 1.807) is 0 Å². The van der Waals surface area contributed by atoms with Gasteiger partial charge >= 0.3 is 12.0 Å². The molecular formula is C9H14N4O3S. The van der Waals surface area contributed by atoms with Crippen molar-refractivity contribution >= 4 is 28.5 Å². The van der Waals surface area contributed by atoms with E-state index < -0.39 is 18.0 Å². The van der Waals surface area contributed by atoms with Gasteiger partial charge in [0.25, 0.3) is 0 Å². The van der Waals surface area contributed by atoms with Gasteiger partial charge in [-0.15, -0.1) is 5.10 Å². The minimum atomic E-state index is -1.03. The summed E-state index contributed by atoms with van der Waals surface area (Å²) in [5.41, 5.74) is 0. The Hall–Kier alpha value is -1.70. The maximum absolute atomic E-state index is 11.5. The van der Waals surface area contributed by atoms with Crippen molar-refractivity contribution in [2.75, 3.05) is 5.32 Å². The zero-order chi connectivity index (χ0) is 12.7. The van der Waals surface area contributed by atoms with E-state index in [0.717, 1.165) is 24.4 Å². The first-order valence-electron chi connectivity index (χ1n) is 5.21. The first kappa shape index (κ1) is 13.4. The Morgan fingerprint density at radius 2 is 2.35 bits per heavy atom. The standard InChI is InChI=1S/C9H14N4O3S/c1-2-3-4-6(8(14)15)11-9(16)12-7-5-10-13-17-7/h5-6H,2-4H2,1H3,(H,14,15)(H2,11,12,16). The number of rotatable bonds is 6. The van der Waals surface area contributed by atoms with Gasteiger partial charge in [0.1, 0.15) is 11.0 Å². The number of aromatic nitrogens is 2. The van der Waals surface area contributed by atoms with Gasteiger partial charge in [0, 0.05) is 11.5 Å². The average Bonchev–Trinajstić information content (AvgIpc) is 2.76. The first-order chi connectivity index (χ1) is 8.13. The summed E-state index contributed by atoms with van der Waals surface area (Å²) in [7, 11) is 0. The van der Waals surface area contributed by atoms with E-state index in [1.165, 1.54) is 6.20 Å². The van der Waals surface area contributed by atoms with Gasteiger partial charge in [-0.3, -0.25) is 5.32 Å². The van der Waals surface area contributed by atoms with Crippen molar-refractivity contribution in [2.24, 2.45) is 0 Å². The van der Waals surface area contributed by atoms with Crippen molar-refractivity contribution in [3.63, 3.8) is 0 Å². The Labute approximate surface area is 102 Å². The van der Waals surface area contributed by atoms with Crippen LogP contribution in [0.2, 0.25) is 0 Å². The van der Waals surface area contributed by atoms with Gasteiger partial charge in [0.2, 0.25) is 0 Å². The van der Waals surface area contributed by atoms with Crippen molar-refractivity contribution in [2.45, 2.75) is 32.2 Å². The summed E-state index contributed by atoms with van der Waals surface area (Å²) in [5.74, 6) is -1.03. The summed E-state index contributed by atoms with van der Waals surface area (Å²) in [6.07, 6.45) is 3.44. The number of hydrogen-bond acceptors (Lipinski definition) is 5. The molecule has 94 valence electrons. The number of carbonyl (C=O) groups is 2. The third kappa shape index (κ3) is 4.77. The molecule has 1 heterocycles. The van der Waals surface area contributed by atoms with Crippen LogP contribution in [0.25, 0.3) is 0 Å². The smallest absolute Gasteiger partial charge is 0.326 e. The number of anilines is 1. The van der Waals surface area contributed by atoms with Gasteiger partial charge in [-0.05, 0) is 6.42 Å². The third-order valence-electron chi connectivity index (χ3n) is 2.05. The number of carboxylic acid groups (broad SMARTS) is 1. The normalized spacial score (nSPS) is 11.8. The fourth-order valence-electron chi connectivity index (χ4n) is 1.19. The molecule has 0 fully saturated rings. The lowest BCUT2D eigenvalue weighted by molar-refractivity contribution is -0.139. The molecule has 0 aromatic carbocycles. The molecule has 1 aromatic rings. The molecule has 0 spiro atoms. The maximum atomic E-state index is 11.5. The Morgan fingerprint density at radius 3 is 2.88 bits per heavy atom. The van der Waals surface area contributed by atoms with Crippen LogP contribution in [0.3, 0.4) is 0 Å². The van der Waals surface area contributed by atoms with Gasteiger partial charge in [0.15, 0.2) is 0 Å². The molecule has 0 aliphatic heterocycles. The molecule has 0 saturated carbocycles. The van der Waals surface area contributed by atoms with Crippen LogP contribution >= 0.6 is 11.5 Å². The SMILES string of the molecule is CCCCC(NC(=O)Nc1cnns1)C(=O)O. The van der Waals surface area contributed by atoms with Crippen LogP contribution in [0.5, 0.6) is 0 Å². The van der Waals surface area contributed by atoms with Crippen molar-refractivity contribution in [3.8, 4) is 0 Å². The zero-order valence-corrected chi connectivity index (χ0v) is 10.2. The van der Waals surface area contributed by atoms with E-state index >= 15 is 0 Å². The quantitative estimate of drug-likeness (QED) is 0.713. The number of carboxylic acids is 1. The zero-order valence-electron chi connectivity index (χ0n) is 9.34. The number of hydrogen-bond donors (Lipinski definition) is 3. The molecule has 7 nitrogen and oxygen atoms in total. The van der Waals surface area contributed by atoms with Crippen LogP contribution < -0.4 is 10.6 Å². The molecular weight excluding hydrogens is 244 g/mol. The largest absolute Gasteiger partial charge is 0.480 e. The second-order valence-electron chi connectivity index (χ2n) is 3.41. The second-order valence-corrected chi connectivity index (χ2v) is 4.20. The highest BCUT2D eigenvalue weighted by Crippen LogP contribution is 2.09. The predicted octanol–water partition coefficient (Wildman–Crippen LogP) is 1.30. The lowest BCUT2D eigenvalue weighted by Crippen LogP contribution is -2.42. The van der Waals surface area contributed by atoms with Gasteiger partial charge in [0.05, 0.1) is 6.20 Å². The van der Waals surface area contributed by atoms with Crippen LogP contribution in [0.1, 0.15) is 26.2 Å². The number of carbonyl (C=O) groups excluding carboxylic acids is 1. The molecule has 2 amide bonds. The summed E-state index contributed by atoms with van der Waals surface area (Å²) in [5, 5.41) is 17.8. The monoisotopic (exact) mass is 258 g/mol. The summed E-state index contributed by atoms with van der Waals surface area (Å²) in [6.45, 7) is 1.96. The fraction of sp³-hybridized carbons (Fsp3) is 0.556. The number of aliphatic carboxylic acids is 1. The van der Waals surface area contributed by atoms with E-state index in [1.807, 2.05) is 6.92 Å². The summed E-state index contributed by atoms with van der Waals surface area (Å²) in [4.78, 5) is 22.3. The van der Waals surface area contributed by atoms with E-state index in [0.29, 0.717) is 11.4 Å². The third-order valence-corrected chi connectivity index (χ3v) is 2.63. The highest BCUT2D eigenvalue weighted by Gasteiger charge is 2.19. The summed E-state index contributed by atoms with van der Waals surface area (Å²) in [6, 6.07) is -1.42. The fourth-order valence-corrected chi connectivity index (χ4v) is 1.61. The number of amides is 2. The Balaban J connectivity index is 2.43. The molecule has 17 heavy (non-hydrogen) atoms. The molecule has 1 rings (SSSR count). The van der Waals surface area contributed by atoms with Crippen molar-refractivity contribution in [3.05, 3.63) is 6.20 Å². The number of nitrogens with zero attached hydrogens (tertiary/aromatic N) is 2. The molecule has 0 radical (unpaired) electrons. The molecule has 0 bridgehead atoms. The van der Waals surface area contributed by atoms with Crippen molar-refractivity contribution in [1.29, 1.82) is 0 Å². The Kier molecular flexibility index (Phi) is 5.34. The topological polar surface area (TPSA) is 104 Å². The van der Waals surface area contributed by atoms with Gasteiger partial charge in [-0.2, -0.15) is 0 Å². The first-order valence-corrected chi connectivity index (χ1v) is 5.98. The molecule has 8 heteroatoms. The Bertz CT molecular complexity index is 368. The molecule has 0 aliphatic rings. The van der Waals surface area contributed by atoms with Crippen LogP contribution in [0, 0.1) is 0 Å². The van der Waals surface area contributed by atoms with Crippen molar-refractivity contribution in [1.82, 2.24) is 14.9 Å². The molecule has 1 unspecified atom stereocenters. The lowest BCUT2D eigenvalue weighted by atomic mass is 10.1. The van der Waals surface area contributed by atoms with Gasteiger partial charge in [-0.1, -0.05) is 24.3 Å². The maximum Gasteiger partial charge on any atom is 0.326 e. The highest BCUT2D eigenvalue weighted by molar-refractivity contribution is 7.10. The van der Waals surface area contributed by atoms with E-state index in [-0.39, 0.29) is 0 Å². The molecule has 3 N–H and O–H groups in total. The Morgan fingerprint density at radius 1 is 1.59 bits per heavy atom. The minimum absolute atomic E-state index is 0.417. The molecule has 1 atom stereocenters. The van der Waals surface area contributed by atoms with E-state index in [9.17, 15) is 9.59 Å². The molecule has 0 aliphatic carbocycles. The minimum Gasteiger partial charge on any atom is -0.480 e. The van der Waals surface area contributed by atoms with E-state index in [4.69, 9.17) is 5.11 Å². The average molecular weight is 258 g/mol. The van der Waals surface area contributed by atoms with Crippen LogP contribution in [-0.4, -0.2) is 32.7 Å².